The van der Waals surface area contributed by atoms with Gasteiger partial charge < -0.3 is 19.5 Å². The third kappa shape index (κ3) is 3.32. The van der Waals surface area contributed by atoms with Crippen LogP contribution in [-0.2, 0) is 18.3 Å². The van der Waals surface area contributed by atoms with Crippen LogP contribution in [0.5, 0.6) is 0 Å². The number of aromatic nitrogens is 5. The number of hydrogen-bond donors (Lipinski definition) is 1. The van der Waals surface area contributed by atoms with Crippen molar-refractivity contribution in [2.45, 2.75) is 6.54 Å². The summed E-state index contributed by atoms with van der Waals surface area (Å²) in [4.78, 5) is 33.8. The van der Waals surface area contributed by atoms with E-state index in [1.165, 1.54) is 11.3 Å². The zero-order valence-corrected chi connectivity index (χ0v) is 19.2. The van der Waals surface area contributed by atoms with Crippen molar-refractivity contribution in [3.05, 3.63) is 64.3 Å². The molecule has 1 amide bonds. The summed E-state index contributed by atoms with van der Waals surface area (Å²) in [6.45, 7) is 2.78. The number of hydrogen-bond acceptors (Lipinski definition) is 8. The topological polar surface area (TPSA) is 107 Å². The molecule has 172 valence electrons. The molecule has 1 aromatic carbocycles. The van der Waals surface area contributed by atoms with E-state index in [0.717, 1.165) is 15.9 Å². The Kier molecular flexibility index (Phi) is 5.00. The molecule has 5 aromatic rings. The van der Waals surface area contributed by atoms with Gasteiger partial charge in [0, 0.05) is 26.3 Å². The maximum atomic E-state index is 13.7. The molecule has 1 saturated heterocycles. The van der Waals surface area contributed by atoms with Crippen LogP contribution in [0.1, 0.15) is 16.1 Å². The van der Waals surface area contributed by atoms with Crippen molar-refractivity contribution in [1.82, 2.24) is 29.5 Å². The van der Waals surface area contributed by atoms with Crippen LogP contribution in [0.2, 0.25) is 0 Å². The summed E-state index contributed by atoms with van der Waals surface area (Å²) in [5.41, 5.74) is 1.91. The number of thiazole rings is 1. The van der Waals surface area contributed by atoms with Crippen LogP contribution >= 0.6 is 11.3 Å². The van der Waals surface area contributed by atoms with Crippen LogP contribution < -0.4 is 15.6 Å². The number of carbonyl (C=O) groups is 1. The van der Waals surface area contributed by atoms with Gasteiger partial charge in [-0.1, -0.05) is 12.1 Å². The molecule has 1 fully saturated rings. The molecule has 1 N–H and O–H groups in total. The molecule has 5 heterocycles. The highest BCUT2D eigenvalue weighted by molar-refractivity contribution is 7.24. The van der Waals surface area contributed by atoms with E-state index in [0.29, 0.717) is 48.0 Å². The van der Waals surface area contributed by atoms with E-state index in [4.69, 9.17) is 4.74 Å². The highest BCUT2D eigenvalue weighted by atomic mass is 32.1. The molecule has 0 unspecified atom stereocenters. The summed E-state index contributed by atoms with van der Waals surface area (Å²) in [6, 6.07) is 9.53. The van der Waals surface area contributed by atoms with Crippen molar-refractivity contribution in [3.8, 4) is 0 Å². The molecule has 0 saturated carbocycles. The highest BCUT2D eigenvalue weighted by Gasteiger charge is 2.24. The Morgan fingerprint density at radius 2 is 2.03 bits per heavy atom. The molecule has 11 heteroatoms. The number of morpholine rings is 1. The summed E-state index contributed by atoms with van der Waals surface area (Å²) in [5.74, 6) is 0.176. The van der Waals surface area contributed by atoms with E-state index in [-0.39, 0.29) is 17.5 Å². The lowest BCUT2D eigenvalue weighted by molar-refractivity contribution is 0.0951. The van der Waals surface area contributed by atoms with Crippen LogP contribution in [0.25, 0.3) is 26.1 Å². The van der Waals surface area contributed by atoms with E-state index in [2.05, 4.69) is 20.5 Å². The SMILES string of the molecule is Cn1cncc1CNC(=O)c1c(=O)c2cc(N3CCOCC3)nnc2n2c1sc1ccccc12. The van der Waals surface area contributed by atoms with Gasteiger partial charge in [-0.2, -0.15) is 0 Å². The zero-order valence-electron chi connectivity index (χ0n) is 18.4. The fourth-order valence-corrected chi connectivity index (χ4v) is 5.44. The lowest BCUT2D eigenvalue weighted by atomic mass is 10.1. The van der Waals surface area contributed by atoms with Crippen LogP contribution in [-0.4, -0.2) is 56.4 Å². The Balaban J connectivity index is 1.55. The van der Waals surface area contributed by atoms with Gasteiger partial charge in [0.15, 0.2) is 11.5 Å². The van der Waals surface area contributed by atoms with Crippen LogP contribution in [0.15, 0.2) is 47.7 Å². The number of benzene rings is 1. The largest absolute Gasteiger partial charge is 0.378 e. The Hall–Kier alpha value is -3.83. The Labute approximate surface area is 197 Å². The number of nitrogens with one attached hydrogen (secondary N) is 1. The number of pyridine rings is 1. The lowest BCUT2D eigenvalue weighted by Crippen LogP contribution is -2.37. The number of fused-ring (bicyclic) bond motifs is 5. The minimum absolute atomic E-state index is 0.108. The number of imidazole rings is 1. The van der Waals surface area contributed by atoms with Gasteiger partial charge in [0.25, 0.3) is 5.91 Å². The average Bonchev–Trinajstić information content (AvgIpc) is 3.46. The molecular formula is C23H21N7O3S. The Bertz CT molecular complexity index is 1610. The van der Waals surface area contributed by atoms with E-state index in [9.17, 15) is 9.59 Å². The number of amides is 1. The second-order valence-electron chi connectivity index (χ2n) is 8.13. The Morgan fingerprint density at radius 3 is 2.82 bits per heavy atom. The van der Waals surface area contributed by atoms with Crippen LogP contribution in [0.4, 0.5) is 5.82 Å². The number of ether oxygens (including phenoxy) is 1. The van der Waals surface area contributed by atoms with Crippen molar-refractivity contribution < 1.29 is 9.53 Å². The molecule has 1 aliphatic rings. The summed E-state index contributed by atoms with van der Waals surface area (Å²) < 4.78 is 10.1. The van der Waals surface area contributed by atoms with E-state index < -0.39 is 5.91 Å². The first-order valence-corrected chi connectivity index (χ1v) is 11.7. The summed E-state index contributed by atoms with van der Waals surface area (Å²) in [7, 11) is 1.86. The first kappa shape index (κ1) is 20.8. The fourth-order valence-electron chi connectivity index (χ4n) is 4.26. The van der Waals surface area contributed by atoms with Gasteiger partial charge in [0.05, 0.1) is 47.4 Å². The maximum Gasteiger partial charge on any atom is 0.258 e. The normalized spacial score (nSPS) is 14.3. The van der Waals surface area contributed by atoms with E-state index in [1.54, 1.807) is 18.6 Å². The summed E-state index contributed by atoms with van der Waals surface area (Å²) >= 11 is 1.39. The van der Waals surface area contributed by atoms with Crippen molar-refractivity contribution in [2.24, 2.45) is 7.05 Å². The number of para-hydroxylation sites is 1. The summed E-state index contributed by atoms with van der Waals surface area (Å²) in [5, 5.41) is 12.1. The predicted octanol–water partition coefficient (Wildman–Crippen LogP) is 1.96. The first-order valence-electron chi connectivity index (χ1n) is 10.9. The van der Waals surface area contributed by atoms with Gasteiger partial charge in [-0.25, -0.2) is 4.98 Å². The van der Waals surface area contributed by atoms with Crippen molar-refractivity contribution in [1.29, 1.82) is 0 Å². The molecule has 0 spiro atoms. The molecule has 34 heavy (non-hydrogen) atoms. The number of anilines is 1. The van der Waals surface area contributed by atoms with Gasteiger partial charge in [-0.3, -0.25) is 14.0 Å². The third-order valence-corrected chi connectivity index (χ3v) is 7.23. The van der Waals surface area contributed by atoms with Gasteiger partial charge >= 0.3 is 0 Å². The molecule has 0 aliphatic carbocycles. The third-order valence-electron chi connectivity index (χ3n) is 6.08. The predicted molar refractivity (Wildman–Crippen MR) is 130 cm³/mol. The standard InChI is InChI=1S/C23H21N7O3S/c1-28-13-24-11-14(28)12-25-22(32)19-20(31)15-10-18(29-6-8-33-9-7-29)26-27-21(15)30-16-4-2-3-5-17(16)34-23(19)30/h2-5,10-11,13H,6-9,12H2,1H3,(H,25,32). The van der Waals surface area contributed by atoms with Crippen LogP contribution in [0.3, 0.4) is 0 Å². The minimum Gasteiger partial charge on any atom is -0.378 e. The quantitative estimate of drug-likeness (QED) is 0.423. The van der Waals surface area contributed by atoms with Gasteiger partial charge in [0.2, 0.25) is 5.43 Å². The van der Waals surface area contributed by atoms with Crippen molar-refractivity contribution in [3.63, 3.8) is 0 Å². The molecule has 6 rings (SSSR count). The monoisotopic (exact) mass is 475 g/mol. The second kappa shape index (κ2) is 8.19. The smallest absolute Gasteiger partial charge is 0.258 e. The van der Waals surface area contributed by atoms with Crippen molar-refractivity contribution >= 4 is 49.1 Å². The molecule has 0 radical (unpaired) electrons. The fraction of sp³-hybridized carbons (Fsp3) is 0.261. The molecule has 10 nitrogen and oxygen atoms in total. The number of nitrogens with zero attached hydrogens (tertiary/aromatic N) is 6. The number of rotatable bonds is 4. The minimum atomic E-state index is -0.429. The second-order valence-corrected chi connectivity index (χ2v) is 9.16. The van der Waals surface area contributed by atoms with Crippen molar-refractivity contribution in [2.75, 3.05) is 31.2 Å². The highest BCUT2D eigenvalue weighted by Crippen LogP contribution is 2.31. The Morgan fingerprint density at radius 1 is 1.21 bits per heavy atom. The number of carbonyl (C=O) groups excluding carboxylic acids is 1. The van der Waals surface area contributed by atoms with Gasteiger partial charge in [0.1, 0.15) is 10.4 Å². The molecule has 1 aliphatic heterocycles. The maximum absolute atomic E-state index is 13.7. The lowest BCUT2D eigenvalue weighted by Gasteiger charge is -2.27. The molecule has 4 aromatic heterocycles. The zero-order chi connectivity index (χ0) is 23.2. The first-order chi connectivity index (χ1) is 16.6. The average molecular weight is 476 g/mol. The molecule has 0 bridgehead atoms. The summed E-state index contributed by atoms with van der Waals surface area (Å²) in [6.07, 6.45) is 3.36. The molecule has 0 atom stereocenters. The van der Waals surface area contributed by atoms with Gasteiger partial charge in [-0.15, -0.1) is 21.5 Å². The van der Waals surface area contributed by atoms with Crippen LogP contribution in [0, 0.1) is 0 Å². The number of aryl methyl sites for hydroxylation is 1. The van der Waals surface area contributed by atoms with Gasteiger partial charge in [-0.05, 0) is 18.2 Å². The van der Waals surface area contributed by atoms with E-state index >= 15 is 0 Å². The van der Waals surface area contributed by atoms with E-state index in [1.807, 2.05) is 45.2 Å². The molecular weight excluding hydrogens is 454 g/mol.